The minimum Gasteiger partial charge on any atom is -0.493 e. The summed E-state index contributed by atoms with van der Waals surface area (Å²) in [7, 11) is 3.08. The number of aromatic amines is 1. The number of H-pyrrole nitrogens is 1. The number of rotatable bonds is 7. The molecule has 1 heterocycles. The number of nitrogens with zero attached hydrogens (tertiary/aromatic N) is 2. The van der Waals surface area contributed by atoms with Gasteiger partial charge in [0.05, 0.1) is 35.9 Å². The summed E-state index contributed by atoms with van der Waals surface area (Å²) in [4.78, 5) is 31.2. The molecule has 9 heteroatoms. The van der Waals surface area contributed by atoms with Gasteiger partial charge in [-0.15, -0.1) is 0 Å². The van der Waals surface area contributed by atoms with Gasteiger partial charge in [0, 0.05) is 12.8 Å². The average molecular weight is 459 g/mol. The van der Waals surface area contributed by atoms with Crippen molar-refractivity contribution in [2.45, 2.75) is 12.8 Å². The van der Waals surface area contributed by atoms with E-state index in [1.54, 1.807) is 31.4 Å². The number of methoxy groups -OCH3 is 2. The summed E-state index contributed by atoms with van der Waals surface area (Å²) in [5.74, 6) is 0.785. The Hall–Kier alpha value is -3.20. The smallest absolute Gasteiger partial charge is 0.270 e. The Kier molecular flexibility index (Phi) is 6.61. The Morgan fingerprint density at radius 2 is 2.07 bits per heavy atom. The highest BCUT2D eigenvalue weighted by atomic mass is 79.9. The number of aromatic nitrogens is 2. The Labute approximate surface area is 175 Å². The fraction of sp³-hybridized carbons (Fsp3) is 0.200. The number of fused-ring (bicyclic) bond motifs is 1. The molecule has 150 valence electrons. The van der Waals surface area contributed by atoms with Crippen LogP contribution in [0.5, 0.6) is 11.5 Å². The van der Waals surface area contributed by atoms with Crippen LogP contribution in [-0.4, -0.2) is 36.3 Å². The second-order valence-electron chi connectivity index (χ2n) is 6.06. The molecule has 8 nitrogen and oxygen atoms in total. The van der Waals surface area contributed by atoms with E-state index in [4.69, 9.17) is 9.47 Å². The highest BCUT2D eigenvalue weighted by molar-refractivity contribution is 9.10. The van der Waals surface area contributed by atoms with Gasteiger partial charge in [-0.2, -0.15) is 5.10 Å². The van der Waals surface area contributed by atoms with Crippen LogP contribution in [0.3, 0.4) is 0 Å². The molecule has 1 amide bonds. The van der Waals surface area contributed by atoms with Crippen molar-refractivity contribution < 1.29 is 14.3 Å². The van der Waals surface area contributed by atoms with Crippen molar-refractivity contribution in [1.82, 2.24) is 15.4 Å². The van der Waals surface area contributed by atoms with E-state index in [0.717, 1.165) is 0 Å². The van der Waals surface area contributed by atoms with E-state index in [9.17, 15) is 9.59 Å². The van der Waals surface area contributed by atoms with E-state index in [1.807, 2.05) is 12.1 Å². The van der Waals surface area contributed by atoms with Crippen LogP contribution in [-0.2, 0) is 11.2 Å². The molecule has 29 heavy (non-hydrogen) atoms. The van der Waals surface area contributed by atoms with Gasteiger partial charge in [-0.05, 0) is 45.8 Å². The monoisotopic (exact) mass is 458 g/mol. The first kappa shape index (κ1) is 20.5. The highest BCUT2D eigenvalue weighted by Gasteiger charge is 2.10. The molecule has 0 radical (unpaired) electrons. The number of halogens is 1. The number of amides is 1. The minimum atomic E-state index is -0.324. The summed E-state index contributed by atoms with van der Waals surface area (Å²) in [6.07, 6.45) is 1.79. The van der Waals surface area contributed by atoms with Crippen molar-refractivity contribution in [1.29, 1.82) is 0 Å². The lowest BCUT2D eigenvalue weighted by molar-refractivity contribution is -0.121. The van der Waals surface area contributed by atoms with Crippen LogP contribution in [0.2, 0.25) is 0 Å². The van der Waals surface area contributed by atoms with Crippen LogP contribution in [0.15, 0.2) is 50.8 Å². The first-order valence-corrected chi connectivity index (χ1v) is 9.52. The molecule has 0 saturated carbocycles. The summed E-state index contributed by atoms with van der Waals surface area (Å²) >= 11 is 3.40. The van der Waals surface area contributed by atoms with E-state index < -0.39 is 0 Å². The number of ether oxygens (including phenoxy) is 2. The fourth-order valence-corrected chi connectivity index (χ4v) is 3.34. The molecule has 2 N–H and O–H groups in total. The summed E-state index contributed by atoms with van der Waals surface area (Å²) in [5.41, 5.74) is 4.52. The largest absolute Gasteiger partial charge is 0.493 e. The zero-order valence-corrected chi connectivity index (χ0v) is 17.4. The van der Waals surface area contributed by atoms with Crippen molar-refractivity contribution in [2.24, 2.45) is 5.10 Å². The highest BCUT2D eigenvalue weighted by Crippen LogP contribution is 2.35. The number of hydrogen-bond acceptors (Lipinski definition) is 6. The SMILES string of the molecule is COc1cc(/C=N\NC(=O)CCc2nc3ccccc3[nH]c2=O)cc(Br)c1OC. The maximum absolute atomic E-state index is 12.1. The molecule has 3 rings (SSSR count). The van der Waals surface area contributed by atoms with Gasteiger partial charge in [-0.25, -0.2) is 10.4 Å². The van der Waals surface area contributed by atoms with E-state index in [1.165, 1.54) is 13.3 Å². The quantitative estimate of drug-likeness (QED) is 0.418. The number of carbonyl (C=O) groups excluding carboxylic acids is 1. The fourth-order valence-electron chi connectivity index (χ4n) is 2.72. The van der Waals surface area contributed by atoms with Crippen LogP contribution >= 0.6 is 15.9 Å². The van der Waals surface area contributed by atoms with Crippen molar-refractivity contribution in [3.05, 3.63) is 62.5 Å². The molecule has 3 aromatic rings. The number of benzene rings is 2. The molecule has 0 aliphatic heterocycles. The van der Waals surface area contributed by atoms with Crippen molar-refractivity contribution in [2.75, 3.05) is 14.2 Å². The second kappa shape index (κ2) is 9.33. The standard InChI is InChI=1S/C20H19BrN4O4/c1-28-17-10-12(9-13(21)19(17)29-2)11-22-25-18(26)8-7-16-20(27)24-15-6-4-3-5-14(15)23-16/h3-6,9-11H,7-8H2,1-2H3,(H,24,27)(H,25,26)/b22-11-. The molecule has 0 spiro atoms. The third kappa shape index (κ3) is 5.00. The van der Waals surface area contributed by atoms with Crippen LogP contribution in [0.4, 0.5) is 0 Å². The number of carbonyl (C=O) groups is 1. The van der Waals surface area contributed by atoms with Crippen molar-refractivity contribution >= 4 is 39.1 Å². The van der Waals surface area contributed by atoms with Gasteiger partial charge in [0.25, 0.3) is 5.56 Å². The maximum atomic E-state index is 12.1. The lowest BCUT2D eigenvalue weighted by Gasteiger charge is -2.10. The molecule has 0 aliphatic carbocycles. The van der Waals surface area contributed by atoms with E-state index in [-0.39, 0.29) is 24.3 Å². The summed E-state index contributed by atoms with van der Waals surface area (Å²) in [5, 5.41) is 3.95. The van der Waals surface area contributed by atoms with E-state index in [2.05, 4.69) is 36.4 Å². The van der Waals surface area contributed by atoms with Gasteiger partial charge in [0.15, 0.2) is 11.5 Å². The molecule has 2 aromatic carbocycles. The minimum absolute atomic E-state index is 0.0847. The van der Waals surface area contributed by atoms with Crippen LogP contribution < -0.4 is 20.5 Å². The number of aryl methyl sites for hydroxylation is 1. The molecule has 0 saturated heterocycles. The van der Waals surface area contributed by atoms with Crippen LogP contribution in [0, 0.1) is 0 Å². The first-order chi connectivity index (χ1) is 14.0. The maximum Gasteiger partial charge on any atom is 0.270 e. The van der Waals surface area contributed by atoms with Gasteiger partial charge in [0.1, 0.15) is 5.69 Å². The van der Waals surface area contributed by atoms with Gasteiger partial charge < -0.3 is 14.5 Å². The Balaban J connectivity index is 1.61. The molecule has 0 fully saturated rings. The van der Waals surface area contributed by atoms with Crippen LogP contribution in [0.25, 0.3) is 11.0 Å². The zero-order chi connectivity index (χ0) is 20.8. The molecule has 0 bridgehead atoms. The molecule has 0 atom stereocenters. The summed E-state index contributed by atoms with van der Waals surface area (Å²) in [6, 6.07) is 10.8. The molecular formula is C20H19BrN4O4. The summed E-state index contributed by atoms with van der Waals surface area (Å²) in [6.45, 7) is 0. The Morgan fingerprint density at radius 3 is 2.83 bits per heavy atom. The number of para-hydroxylation sites is 2. The zero-order valence-electron chi connectivity index (χ0n) is 15.9. The van der Waals surface area contributed by atoms with E-state index >= 15 is 0 Å². The molecule has 0 unspecified atom stereocenters. The predicted molar refractivity (Wildman–Crippen MR) is 114 cm³/mol. The number of nitrogens with one attached hydrogen (secondary N) is 2. The van der Waals surface area contributed by atoms with Gasteiger partial charge in [-0.3, -0.25) is 9.59 Å². The summed E-state index contributed by atoms with van der Waals surface area (Å²) < 4.78 is 11.2. The Morgan fingerprint density at radius 1 is 1.28 bits per heavy atom. The van der Waals surface area contributed by atoms with Gasteiger partial charge in [-0.1, -0.05) is 12.1 Å². The third-order valence-corrected chi connectivity index (χ3v) is 4.71. The van der Waals surface area contributed by atoms with Gasteiger partial charge in [0.2, 0.25) is 5.91 Å². The van der Waals surface area contributed by atoms with Crippen LogP contribution in [0.1, 0.15) is 17.7 Å². The molecule has 0 aliphatic rings. The Bertz CT molecular complexity index is 1130. The topological polar surface area (TPSA) is 106 Å². The van der Waals surface area contributed by atoms with Gasteiger partial charge >= 0.3 is 0 Å². The first-order valence-electron chi connectivity index (χ1n) is 8.73. The van der Waals surface area contributed by atoms with Crippen molar-refractivity contribution in [3.8, 4) is 11.5 Å². The predicted octanol–water partition coefficient (Wildman–Crippen LogP) is 2.79. The molecule has 1 aromatic heterocycles. The van der Waals surface area contributed by atoms with Crippen molar-refractivity contribution in [3.63, 3.8) is 0 Å². The molecular weight excluding hydrogens is 440 g/mol. The lowest BCUT2D eigenvalue weighted by Crippen LogP contribution is -2.21. The number of hydrogen-bond donors (Lipinski definition) is 2. The lowest BCUT2D eigenvalue weighted by atomic mass is 10.2. The second-order valence-corrected chi connectivity index (χ2v) is 6.92. The number of hydrazone groups is 1. The normalized spacial score (nSPS) is 11.0. The van der Waals surface area contributed by atoms with E-state index in [0.29, 0.717) is 38.3 Å². The average Bonchev–Trinajstić information content (AvgIpc) is 2.71. The third-order valence-electron chi connectivity index (χ3n) is 4.12.